The molecule has 0 bridgehead atoms. The number of anilines is 1. The van der Waals surface area contributed by atoms with E-state index < -0.39 is 10.0 Å². The Morgan fingerprint density at radius 2 is 1.70 bits per heavy atom. The second-order valence-corrected chi connectivity index (χ2v) is 9.90. The maximum absolute atomic E-state index is 13.1. The number of benzene rings is 3. The van der Waals surface area contributed by atoms with Crippen LogP contribution in [0.1, 0.15) is 29.8 Å². The van der Waals surface area contributed by atoms with E-state index in [9.17, 15) is 13.2 Å². The van der Waals surface area contributed by atoms with E-state index in [1.54, 1.807) is 67.2 Å². The molecule has 0 aliphatic rings. The summed E-state index contributed by atoms with van der Waals surface area (Å²) in [6, 6.07) is 21.0. The van der Waals surface area contributed by atoms with Crippen molar-refractivity contribution in [3.63, 3.8) is 0 Å². The predicted octanol–water partition coefficient (Wildman–Crippen LogP) is 4.95. The van der Waals surface area contributed by atoms with Crippen LogP contribution in [0.4, 0.5) is 5.69 Å². The lowest BCUT2D eigenvalue weighted by atomic mass is 10.1. The molecular formula is C25H28N2O4S2. The molecule has 0 unspecified atom stereocenters. The van der Waals surface area contributed by atoms with Crippen LogP contribution in [0, 0.1) is 0 Å². The van der Waals surface area contributed by atoms with E-state index in [2.05, 4.69) is 5.32 Å². The number of rotatable bonds is 10. The van der Waals surface area contributed by atoms with Crippen molar-refractivity contribution in [1.29, 1.82) is 0 Å². The van der Waals surface area contributed by atoms with Gasteiger partial charge in [0.1, 0.15) is 5.75 Å². The molecule has 33 heavy (non-hydrogen) atoms. The molecule has 6 nitrogen and oxygen atoms in total. The third kappa shape index (κ3) is 6.09. The van der Waals surface area contributed by atoms with Crippen LogP contribution in [-0.4, -0.2) is 33.7 Å². The molecule has 0 radical (unpaired) electrons. The maximum atomic E-state index is 13.1. The minimum atomic E-state index is -3.71. The summed E-state index contributed by atoms with van der Waals surface area (Å²) in [7, 11) is -3.71. The highest BCUT2D eigenvalue weighted by Gasteiger charge is 2.23. The van der Waals surface area contributed by atoms with Crippen molar-refractivity contribution >= 4 is 33.4 Å². The fraction of sp³-hybridized carbons (Fsp3) is 0.240. The van der Waals surface area contributed by atoms with Gasteiger partial charge >= 0.3 is 0 Å². The highest BCUT2D eigenvalue weighted by Crippen LogP contribution is 2.25. The van der Waals surface area contributed by atoms with E-state index in [0.29, 0.717) is 24.4 Å². The Hall–Kier alpha value is -2.97. The van der Waals surface area contributed by atoms with Crippen molar-refractivity contribution in [2.75, 3.05) is 23.7 Å². The number of carbonyl (C=O) groups excluding carboxylic acids is 1. The van der Waals surface area contributed by atoms with E-state index in [0.717, 1.165) is 16.2 Å². The average Bonchev–Trinajstić information content (AvgIpc) is 2.84. The number of nitrogens with one attached hydrogen (secondary N) is 1. The number of thioether (sulfide) groups is 1. The highest BCUT2D eigenvalue weighted by atomic mass is 32.2. The molecule has 0 fully saturated rings. The van der Waals surface area contributed by atoms with Gasteiger partial charge in [-0.05, 0) is 86.3 Å². The molecule has 0 aliphatic heterocycles. The van der Waals surface area contributed by atoms with Gasteiger partial charge in [0.2, 0.25) is 0 Å². The SMILES string of the molecule is CCOc1cccc(CNC(=O)c2ccc(N(CC)S(=O)(=O)c3ccc(SC)cc3)cc2)c1. The quantitative estimate of drug-likeness (QED) is 0.412. The molecule has 0 atom stereocenters. The maximum Gasteiger partial charge on any atom is 0.264 e. The molecule has 8 heteroatoms. The summed E-state index contributed by atoms with van der Waals surface area (Å²) in [6.45, 7) is 4.92. The number of ether oxygens (including phenoxy) is 1. The Morgan fingerprint density at radius 3 is 2.30 bits per heavy atom. The van der Waals surface area contributed by atoms with Gasteiger partial charge in [0.15, 0.2) is 0 Å². The Kier molecular flexibility index (Phi) is 8.41. The van der Waals surface area contributed by atoms with Gasteiger partial charge in [0.25, 0.3) is 15.9 Å². The lowest BCUT2D eigenvalue weighted by Crippen LogP contribution is -2.31. The molecule has 0 aliphatic carbocycles. The first-order valence-electron chi connectivity index (χ1n) is 10.7. The van der Waals surface area contributed by atoms with Gasteiger partial charge < -0.3 is 10.1 Å². The second-order valence-electron chi connectivity index (χ2n) is 7.16. The largest absolute Gasteiger partial charge is 0.494 e. The standard InChI is InChI=1S/C25H28N2O4S2/c1-4-27(33(29,30)24-15-13-23(32-3)14-16-24)21-11-9-20(10-12-21)25(28)26-18-19-7-6-8-22(17-19)31-5-2/h6-17H,4-5,18H2,1-3H3,(H,26,28). The summed E-state index contributed by atoms with van der Waals surface area (Å²) in [5, 5.41) is 2.89. The van der Waals surface area contributed by atoms with Crippen LogP contribution in [0.2, 0.25) is 0 Å². The summed E-state index contributed by atoms with van der Waals surface area (Å²) in [5.74, 6) is 0.527. The Labute approximate surface area is 200 Å². The zero-order chi connectivity index (χ0) is 23.8. The number of hydrogen-bond acceptors (Lipinski definition) is 5. The third-order valence-corrected chi connectivity index (χ3v) is 7.68. The third-order valence-electron chi connectivity index (χ3n) is 5.01. The van der Waals surface area contributed by atoms with Gasteiger partial charge in [-0.2, -0.15) is 0 Å². The number of amides is 1. The van der Waals surface area contributed by atoms with E-state index in [1.807, 2.05) is 37.4 Å². The van der Waals surface area contributed by atoms with Crippen molar-refractivity contribution in [2.24, 2.45) is 0 Å². The molecule has 0 saturated carbocycles. The predicted molar refractivity (Wildman–Crippen MR) is 134 cm³/mol. The molecule has 3 rings (SSSR count). The number of hydrogen-bond donors (Lipinski definition) is 1. The molecule has 174 valence electrons. The highest BCUT2D eigenvalue weighted by molar-refractivity contribution is 7.98. The Morgan fingerprint density at radius 1 is 1.00 bits per heavy atom. The molecule has 0 spiro atoms. The lowest BCUT2D eigenvalue weighted by molar-refractivity contribution is 0.0951. The Balaban J connectivity index is 1.71. The molecule has 3 aromatic rings. The van der Waals surface area contributed by atoms with Crippen LogP contribution < -0.4 is 14.4 Å². The molecule has 0 aromatic heterocycles. The normalized spacial score (nSPS) is 11.1. The van der Waals surface area contributed by atoms with Crippen LogP contribution >= 0.6 is 11.8 Å². The van der Waals surface area contributed by atoms with Gasteiger partial charge in [-0.25, -0.2) is 8.42 Å². The van der Waals surface area contributed by atoms with Crippen molar-refractivity contribution in [3.8, 4) is 5.75 Å². The lowest BCUT2D eigenvalue weighted by Gasteiger charge is -2.23. The van der Waals surface area contributed by atoms with Crippen molar-refractivity contribution in [2.45, 2.75) is 30.2 Å². The molecule has 0 saturated heterocycles. The summed E-state index contributed by atoms with van der Waals surface area (Å²) in [4.78, 5) is 13.8. The monoisotopic (exact) mass is 484 g/mol. The molecule has 1 N–H and O–H groups in total. The molecule has 3 aromatic carbocycles. The summed E-state index contributed by atoms with van der Waals surface area (Å²) in [6.07, 6.45) is 1.94. The van der Waals surface area contributed by atoms with Crippen LogP contribution in [0.15, 0.2) is 82.6 Å². The first kappa shape index (κ1) is 24.7. The number of sulfonamides is 1. The second kappa shape index (κ2) is 11.2. The van der Waals surface area contributed by atoms with Crippen molar-refractivity contribution in [1.82, 2.24) is 5.32 Å². The Bertz CT molecular complexity index is 1180. The minimum Gasteiger partial charge on any atom is -0.494 e. The van der Waals surface area contributed by atoms with Crippen molar-refractivity contribution in [3.05, 3.63) is 83.9 Å². The van der Waals surface area contributed by atoms with E-state index in [4.69, 9.17) is 4.74 Å². The number of carbonyl (C=O) groups is 1. The first-order valence-corrected chi connectivity index (χ1v) is 13.3. The van der Waals surface area contributed by atoms with Gasteiger partial charge in [-0.3, -0.25) is 9.10 Å². The topological polar surface area (TPSA) is 75.7 Å². The van der Waals surface area contributed by atoms with Crippen molar-refractivity contribution < 1.29 is 17.9 Å². The summed E-state index contributed by atoms with van der Waals surface area (Å²) < 4.78 is 33.1. The van der Waals surface area contributed by atoms with E-state index in [-0.39, 0.29) is 17.3 Å². The van der Waals surface area contributed by atoms with E-state index >= 15 is 0 Å². The number of nitrogens with zero attached hydrogens (tertiary/aromatic N) is 1. The average molecular weight is 485 g/mol. The van der Waals surface area contributed by atoms with Crippen LogP contribution in [0.3, 0.4) is 0 Å². The van der Waals surface area contributed by atoms with Gasteiger partial charge in [0.05, 0.1) is 17.2 Å². The van der Waals surface area contributed by atoms with Gasteiger partial charge in [0, 0.05) is 23.5 Å². The smallest absolute Gasteiger partial charge is 0.264 e. The van der Waals surface area contributed by atoms with Crippen LogP contribution in [-0.2, 0) is 16.6 Å². The summed E-state index contributed by atoms with van der Waals surface area (Å²) >= 11 is 1.56. The minimum absolute atomic E-state index is 0.234. The first-order chi connectivity index (χ1) is 15.9. The van der Waals surface area contributed by atoms with Crippen LogP contribution in [0.25, 0.3) is 0 Å². The fourth-order valence-electron chi connectivity index (χ4n) is 3.34. The van der Waals surface area contributed by atoms with Crippen LogP contribution in [0.5, 0.6) is 5.75 Å². The molecule has 1 amide bonds. The van der Waals surface area contributed by atoms with Gasteiger partial charge in [-0.15, -0.1) is 11.8 Å². The fourth-order valence-corrected chi connectivity index (χ4v) is 5.22. The zero-order valence-corrected chi connectivity index (χ0v) is 20.6. The molecular weight excluding hydrogens is 456 g/mol. The zero-order valence-electron chi connectivity index (χ0n) is 18.9. The summed E-state index contributed by atoms with van der Waals surface area (Å²) in [5.41, 5.74) is 1.89. The van der Waals surface area contributed by atoms with E-state index in [1.165, 1.54) is 4.31 Å². The molecule has 0 heterocycles. The van der Waals surface area contributed by atoms with Gasteiger partial charge in [-0.1, -0.05) is 12.1 Å².